The second kappa shape index (κ2) is 7.56. The van der Waals surface area contributed by atoms with E-state index >= 15 is 0 Å². The zero-order chi connectivity index (χ0) is 18.5. The summed E-state index contributed by atoms with van der Waals surface area (Å²) in [6, 6.07) is 10.2. The summed E-state index contributed by atoms with van der Waals surface area (Å²) < 4.78 is 25.0. The highest BCUT2D eigenvalue weighted by molar-refractivity contribution is 5.99. The van der Waals surface area contributed by atoms with Gasteiger partial charge in [-0.05, 0) is 42.5 Å². The lowest BCUT2D eigenvalue weighted by Gasteiger charge is -2.07. The molecule has 1 aromatic heterocycles. The third-order valence-electron chi connectivity index (χ3n) is 3.59. The minimum atomic E-state index is -0.659. The highest BCUT2D eigenvalue weighted by Crippen LogP contribution is 2.18. The first kappa shape index (κ1) is 17.3. The SMILES string of the molecule is COc1ccc(C(=O)COC(=O)c2ccc(-n3cncn3)cc2)cc1F. The van der Waals surface area contributed by atoms with E-state index in [-0.39, 0.29) is 16.9 Å². The van der Waals surface area contributed by atoms with Crippen LogP contribution in [0.25, 0.3) is 5.69 Å². The number of hydrogen-bond acceptors (Lipinski definition) is 6. The number of ether oxygens (including phenoxy) is 2. The van der Waals surface area contributed by atoms with Crippen LogP contribution in [-0.2, 0) is 4.74 Å². The second-order valence-corrected chi connectivity index (χ2v) is 5.24. The number of halogens is 1. The van der Waals surface area contributed by atoms with Gasteiger partial charge in [0, 0.05) is 5.56 Å². The van der Waals surface area contributed by atoms with Gasteiger partial charge in [-0.1, -0.05) is 0 Å². The fourth-order valence-electron chi connectivity index (χ4n) is 2.23. The fourth-order valence-corrected chi connectivity index (χ4v) is 2.23. The minimum absolute atomic E-state index is 0.0333. The Morgan fingerprint density at radius 1 is 1.12 bits per heavy atom. The Balaban J connectivity index is 1.61. The van der Waals surface area contributed by atoms with Gasteiger partial charge in [0.05, 0.1) is 18.4 Å². The second-order valence-electron chi connectivity index (χ2n) is 5.24. The van der Waals surface area contributed by atoms with Gasteiger partial charge in [0.15, 0.2) is 24.0 Å². The van der Waals surface area contributed by atoms with Gasteiger partial charge >= 0.3 is 5.97 Å². The molecule has 0 bridgehead atoms. The van der Waals surface area contributed by atoms with Crippen molar-refractivity contribution >= 4 is 11.8 Å². The van der Waals surface area contributed by atoms with Crippen molar-refractivity contribution in [3.8, 4) is 11.4 Å². The molecule has 0 atom stereocenters. The van der Waals surface area contributed by atoms with Gasteiger partial charge in [-0.25, -0.2) is 18.9 Å². The quantitative estimate of drug-likeness (QED) is 0.499. The summed E-state index contributed by atoms with van der Waals surface area (Å²) in [5, 5.41) is 3.98. The Hall–Kier alpha value is -3.55. The van der Waals surface area contributed by atoms with E-state index < -0.39 is 24.2 Å². The number of Topliss-reactive ketones (excluding diaryl/α,β-unsaturated/α-hetero) is 1. The first-order valence-electron chi connectivity index (χ1n) is 7.57. The van der Waals surface area contributed by atoms with Crippen LogP contribution in [-0.4, -0.2) is 40.2 Å². The number of carbonyl (C=O) groups is 2. The molecule has 3 aromatic rings. The standard InChI is InChI=1S/C18H14FN3O4/c1-25-17-7-4-13(8-15(17)19)16(23)9-26-18(24)12-2-5-14(6-3-12)22-11-20-10-21-22/h2-8,10-11H,9H2,1H3. The lowest BCUT2D eigenvalue weighted by Crippen LogP contribution is -2.14. The molecule has 0 spiro atoms. The van der Waals surface area contributed by atoms with E-state index in [1.807, 2.05) is 0 Å². The summed E-state index contributed by atoms with van der Waals surface area (Å²) in [6.07, 6.45) is 2.93. The number of ketones is 1. The number of methoxy groups -OCH3 is 1. The van der Waals surface area contributed by atoms with Crippen LogP contribution >= 0.6 is 0 Å². The van der Waals surface area contributed by atoms with Gasteiger partial charge in [0.1, 0.15) is 12.7 Å². The molecule has 132 valence electrons. The Bertz CT molecular complexity index is 924. The number of carbonyl (C=O) groups excluding carboxylic acids is 2. The Kier molecular flexibility index (Phi) is 5.02. The van der Waals surface area contributed by atoms with Crippen molar-refractivity contribution in [1.82, 2.24) is 14.8 Å². The average Bonchev–Trinajstić information content (AvgIpc) is 3.20. The molecular weight excluding hydrogens is 341 g/mol. The Morgan fingerprint density at radius 3 is 2.46 bits per heavy atom. The van der Waals surface area contributed by atoms with Crippen LogP contribution in [0, 0.1) is 5.82 Å². The monoisotopic (exact) mass is 355 g/mol. The Morgan fingerprint density at radius 2 is 1.85 bits per heavy atom. The fraction of sp³-hybridized carbons (Fsp3) is 0.111. The van der Waals surface area contributed by atoms with E-state index in [0.29, 0.717) is 0 Å². The maximum absolute atomic E-state index is 13.6. The molecule has 0 radical (unpaired) electrons. The van der Waals surface area contributed by atoms with Crippen LogP contribution in [0.1, 0.15) is 20.7 Å². The molecule has 3 rings (SSSR count). The molecule has 26 heavy (non-hydrogen) atoms. The summed E-state index contributed by atoms with van der Waals surface area (Å²) >= 11 is 0. The number of hydrogen-bond donors (Lipinski definition) is 0. The van der Waals surface area contributed by atoms with Crippen molar-refractivity contribution in [2.45, 2.75) is 0 Å². The van der Waals surface area contributed by atoms with Gasteiger partial charge < -0.3 is 9.47 Å². The average molecular weight is 355 g/mol. The predicted molar refractivity (Wildman–Crippen MR) is 88.9 cm³/mol. The molecule has 0 N–H and O–H groups in total. The molecule has 0 saturated carbocycles. The molecule has 1 heterocycles. The molecule has 8 heteroatoms. The first-order valence-corrected chi connectivity index (χ1v) is 7.57. The van der Waals surface area contributed by atoms with Crippen LogP contribution in [0.5, 0.6) is 5.75 Å². The zero-order valence-corrected chi connectivity index (χ0v) is 13.8. The smallest absolute Gasteiger partial charge is 0.338 e. The van der Waals surface area contributed by atoms with Gasteiger partial charge in [-0.3, -0.25) is 4.79 Å². The molecule has 0 aliphatic carbocycles. The third kappa shape index (κ3) is 3.75. The topological polar surface area (TPSA) is 83.3 Å². The van der Waals surface area contributed by atoms with Gasteiger partial charge in [-0.15, -0.1) is 0 Å². The van der Waals surface area contributed by atoms with Crippen molar-refractivity contribution < 1.29 is 23.5 Å². The maximum atomic E-state index is 13.6. The first-order chi connectivity index (χ1) is 12.6. The minimum Gasteiger partial charge on any atom is -0.494 e. The van der Waals surface area contributed by atoms with Crippen molar-refractivity contribution in [3.63, 3.8) is 0 Å². The molecule has 0 fully saturated rings. The number of nitrogens with zero attached hydrogens (tertiary/aromatic N) is 3. The highest BCUT2D eigenvalue weighted by atomic mass is 19.1. The maximum Gasteiger partial charge on any atom is 0.338 e. The largest absolute Gasteiger partial charge is 0.494 e. The predicted octanol–water partition coefficient (Wildman–Crippen LogP) is 2.45. The van der Waals surface area contributed by atoms with E-state index in [0.717, 1.165) is 11.8 Å². The molecule has 0 aliphatic heterocycles. The van der Waals surface area contributed by atoms with E-state index in [2.05, 4.69) is 10.1 Å². The third-order valence-corrected chi connectivity index (χ3v) is 3.59. The van der Waals surface area contributed by atoms with E-state index in [1.165, 1.54) is 36.6 Å². The van der Waals surface area contributed by atoms with Crippen LogP contribution in [0.3, 0.4) is 0 Å². The van der Waals surface area contributed by atoms with Crippen LogP contribution in [0.4, 0.5) is 4.39 Å². The van der Waals surface area contributed by atoms with E-state index in [4.69, 9.17) is 9.47 Å². The number of aromatic nitrogens is 3. The molecular formula is C18H14FN3O4. The number of esters is 1. The normalized spacial score (nSPS) is 10.4. The van der Waals surface area contributed by atoms with Gasteiger partial charge in [0.2, 0.25) is 0 Å². The summed E-state index contributed by atoms with van der Waals surface area (Å²) in [6.45, 7) is -0.491. The van der Waals surface area contributed by atoms with Crippen molar-refractivity contribution in [2.75, 3.05) is 13.7 Å². The van der Waals surface area contributed by atoms with Crippen molar-refractivity contribution in [2.24, 2.45) is 0 Å². The van der Waals surface area contributed by atoms with Crippen LogP contribution in [0.15, 0.2) is 55.1 Å². The van der Waals surface area contributed by atoms with Gasteiger partial charge in [-0.2, -0.15) is 5.10 Å². The van der Waals surface area contributed by atoms with Crippen LogP contribution in [0.2, 0.25) is 0 Å². The molecule has 0 amide bonds. The summed E-state index contributed by atoms with van der Waals surface area (Å²) in [5.41, 5.74) is 1.10. The summed E-state index contributed by atoms with van der Waals surface area (Å²) in [5.74, 6) is -1.80. The molecule has 2 aromatic carbocycles. The number of benzene rings is 2. The van der Waals surface area contributed by atoms with Crippen molar-refractivity contribution in [3.05, 3.63) is 72.1 Å². The molecule has 0 aliphatic rings. The molecule has 7 nitrogen and oxygen atoms in total. The van der Waals surface area contributed by atoms with Crippen molar-refractivity contribution in [1.29, 1.82) is 0 Å². The highest BCUT2D eigenvalue weighted by Gasteiger charge is 2.14. The molecule has 0 unspecified atom stereocenters. The van der Waals surface area contributed by atoms with Gasteiger partial charge in [0.25, 0.3) is 0 Å². The molecule has 0 saturated heterocycles. The summed E-state index contributed by atoms with van der Waals surface area (Å²) in [7, 11) is 1.33. The summed E-state index contributed by atoms with van der Waals surface area (Å²) in [4.78, 5) is 27.9. The van der Waals surface area contributed by atoms with Crippen LogP contribution < -0.4 is 4.74 Å². The number of rotatable bonds is 6. The Labute approximate surface area is 148 Å². The van der Waals surface area contributed by atoms with E-state index in [9.17, 15) is 14.0 Å². The lowest BCUT2D eigenvalue weighted by atomic mass is 10.1. The zero-order valence-electron chi connectivity index (χ0n) is 13.8. The lowest BCUT2D eigenvalue weighted by molar-refractivity contribution is 0.0474. The van der Waals surface area contributed by atoms with E-state index in [1.54, 1.807) is 24.3 Å².